The Morgan fingerprint density at radius 3 is 2.54 bits per heavy atom. The zero-order chi connectivity index (χ0) is 18.4. The number of amides is 2. The Hall–Kier alpha value is -2.40. The van der Waals surface area contributed by atoms with Crippen LogP contribution in [0.1, 0.15) is 36.5 Å². The first-order chi connectivity index (χ1) is 12.6. The first-order valence-electron chi connectivity index (χ1n) is 9.30. The lowest BCUT2D eigenvalue weighted by atomic mass is 9.81. The molecule has 0 unspecified atom stereocenters. The van der Waals surface area contributed by atoms with Crippen molar-refractivity contribution in [2.45, 2.75) is 26.2 Å². The highest BCUT2D eigenvalue weighted by atomic mass is 16.2. The van der Waals surface area contributed by atoms with Gasteiger partial charge in [-0.2, -0.15) is 0 Å². The van der Waals surface area contributed by atoms with Crippen LogP contribution in [0.3, 0.4) is 0 Å². The topological polar surface area (TPSA) is 70.2 Å². The zero-order valence-corrected chi connectivity index (χ0v) is 15.3. The third kappa shape index (κ3) is 4.82. The molecule has 0 saturated carbocycles. The lowest BCUT2D eigenvalue weighted by Gasteiger charge is -2.34. The third-order valence-corrected chi connectivity index (χ3v) is 5.17. The van der Waals surface area contributed by atoms with Gasteiger partial charge in [0.25, 0.3) is 5.91 Å². The predicted octanol–water partition coefficient (Wildman–Crippen LogP) is 2.47. The monoisotopic (exact) mass is 353 g/mol. The Balaban J connectivity index is 1.43. The molecule has 1 aliphatic rings. The van der Waals surface area contributed by atoms with E-state index < -0.39 is 0 Å². The number of carbonyl (C=O) groups excluding carboxylic acids is 2. The van der Waals surface area contributed by atoms with E-state index >= 15 is 0 Å². The minimum Gasteiger partial charge on any atom is -0.355 e. The van der Waals surface area contributed by atoms with Crippen LogP contribution in [-0.2, 0) is 4.79 Å². The fourth-order valence-electron chi connectivity index (χ4n) is 3.33. The minimum absolute atomic E-state index is 0.0106. The highest BCUT2D eigenvalue weighted by Gasteiger charge is 2.26. The highest BCUT2D eigenvalue weighted by Crippen LogP contribution is 2.26. The van der Waals surface area contributed by atoms with Gasteiger partial charge in [0.15, 0.2) is 0 Å². The van der Waals surface area contributed by atoms with Gasteiger partial charge in [0.2, 0.25) is 5.91 Å². The largest absolute Gasteiger partial charge is 0.355 e. The van der Waals surface area contributed by atoms with Gasteiger partial charge in [-0.25, -0.2) is 0 Å². The van der Waals surface area contributed by atoms with Crippen LogP contribution in [0.15, 0.2) is 42.5 Å². The number of piperidine rings is 1. The summed E-state index contributed by atoms with van der Waals surface area (Å²) in [5, 5.41) is 11.3. The second kappa shape index (κ2) is 8.32. The fraction of sp³-hybridized carbons (Fsp3) is 0.429. The average Bonchev–Trinajstić information content (AvgIpc) is 2.66. The molecule has 5 nitrogen and oxygen atoms in total. The molecule has 0 spiro atoms. The Kier molecular flexibility index (Phi) is 5.89. The molecule has 0 aromatic heterocycles. The molecule has 2 aromatic rings. The molecule has 26 heavy (non-hydrogen) atoms. The lowest BCUT2D eigenvalue weighted by Crippen LogP contribution is -2.43. The van der Waals surface area contributed by atoms with E-state index in [-0.39, 0.29) is 17.2 Å². The molecule has 5 heteroatoms. The van der Waals surface area contributed by atoms with Gasteiger partial charge in [-0.1, -0.05) is 37.3 Å². The molecule has 1 aliphatic heterocycles. The molecular formula is C21H27N3O2. The van der Waals surface area contributed by atoms with Gasteiger partial charge in [0.1, 0.15) is 0 Å². The van der Waals surface area contributed by atoms with Crippen LogP contribution in [0.4, 0.5) is 0 Å². The van der Waals surface area contributed by atoms with Gasteiger partial charge in [-0.3, -0.25) is 9.59 Å². The maximum atomic E-state index is 12.3. The molecule has 138 valence electrons. The summed E-state index contributed by atoms with van der Waals surface area (Å²) in [6.45, 7) is 5.28. The number of hydrogen-bond acceptors (Lipinski definition) is 3. The second-order valence-electron chi connectivity index (χ2n) is 7.41. The maximum absolute atomic E-state index is 12.3. The van der Waals surface area contributed by atoms with E-state index in [1.807, 2.05) is 42.5 Å². The van der Waals surface area contributed by atoms with Crippen molar-refractivity contribution in [2.24, 2.45) is 5.41 Å². The van der Waals surface area contributed by atoms with Crippen molar-refractivity contribution < 1.29 is 9.59 Å². The highest BCUT2D eigenvalue weighted by molar-refractivity contribution is 5.98. The molecule has 3 rings (SSSR count). The summed E-state index contributed by atoms with van der Waals surface area (Å²) >= 11 is 0. The van der Waals surface area contributed by atoms with Crippen LogP contribution < -0.4 is 16.0 Å². The van der Waals surface area contributed by atoms with Gasteiger partial charge in [0.05, 0.1) is 0 Å². The van der Waals surface area contributed by atoms with Crippen molar-refractivity contribution in [3.8, 4) is 0 Å². The SMILES string of the molecule is CC1(CNC(=O)CCNC(=O)c2ccc3ccccc3c2)CCNCC1. The van der Waals surface area contributed by atoms with E-state index in [1.165, 1.54) is 0 Å². The molecule has 2 amide bonds. The van der Waals surface area contributed by atoms with Gasteiger partial charge in [-0.05, 0) is 54.3 Å². The summed E-state index contributed by atoms with van der Waals surface area (Å²) in [4.78, 5) is 24.3. The second-order valence-corrected chi connectivity index (χ2v) is 7.41. The van der Waals surface area contributed by atoms with Crippen LogP contribution in [0.5, 0.6) is 0 Å². The fourth-order valence-corrected chi connectivity index (χ4v) is 3.33. The molecule has 1 heterocycles. The molecular weight excluding hydrogens is 326 g/mol. The molecule has 1 fully saturated rings. The smallest absolute Gasteiger partial charge is 0.251 e. The summed E-state index contributed by atoms with van der Waals surface area (Å²) in [7, 11) is 0. The maximum Gasteiger partial charge on any atom is 0.251 e. The van der Waals surface area contributed by atoms with Crippen molar-refractivity contribution in [1.29, 1.82) is 0 Å². The van der Waals surface area contributed by atoms with Crippen molar-refractivity contribution in [3.05, 3.63) is 48.0 Å². The van der Waals surface area contributed by atoms with E-state index in [1.54, 1.807) is 0 Å². The van der Waals surface area contributed by atoms with Crippen molar-refractivity contribution in [1.82, 2.24) is 16.0 Å². The van der Waals surface area contributed by atoms with Gasteiger partial charge < -0.3 is 16.0 Å². The summed E-state index contributed by atoms with van der Waals surface area (Å²) in [6, 6.07) is 13.6. The summed E-state index contributed by atoms with van der Waals surface area (Å²) in [6.07, 6.45) is 2.45. The number of nitrogens with one attached hydrogen (secondary N) is 3. The zero-order valence-electron chi connectivity index (χ0n) is 15.3. The van der Waals surface area contributed by atoms with Crippen molar-refractivity contribution in [2.75, 3.05) is 26.2 Å². The standard InChI is InChI=1S/C21H27N3O2/c1-21(9-12-22-13-10-21)15-24-19(25)8-11-23-20(26)18-7-6-16-4-2-3-5-17(16)14-18/h2-7,14,22H,8-13,15H2,1H3,(H,23,26)(H,24,25). The summed E-state index contributed by atoms with van der Waals surface area (Å²) in [5.74, 6) is -0.155. The number of fused-ring (bicyclic) bond motifs is 1. The van der Waals surface area contributed by atoms with Crippen LogP contribution in [0.2, 0.25) is 0 Å². The normalized spacial score (nSPS) is 16.2. The predicted molar refractivity (Wildman–Crippen MR) is 104 cm³/mol. The third-order valence-electron chi connectivity index (χ3n) is 5.17. The van der Waals surface area contributed by atoms with Gasteiger partial charge in [0, 0.05) is 25.1 Å². The van der Waals surface area contributed by atoms with E-state index in [2.05, 4.69) is 22.9 Å². The minimum atomic E-state index is -0.145. The Bertz CT molecular complexity index is 782. The van der Waals surface area contributed by atoms with E-state index in [0.717, 1.165) is 36.7 Å². The average molecular weight is 353 g/mol. The molecule has 1 saturated heterocycles. The van der Waals surface area contributed by atoms with Crippen LogP contribution in [0.25, 0.3) is 10.8 Å². The molecule has 0 aliphatic carbocycles. The molecule has 0 bridgehead atoms. The number of benzene rings is 2. The number of rotatable bonds is 6. The molecule has 2 aromatic carbocycles. The van der Waals surface area contributed by atoms with Crippen molar-refractivity contribution in [3.63, 3.8) is 0 Å². The first-order valence-corrected chi connectivity index (χ1v) is 9.30. The van der Waals surface area contributed by atoms with Crippen LogP contribution in [0, 0.1) is 5.41 Å². The Morgan fingerprint density at radius 1 is 1.04 bits per heavy atom. The first kappa shape index (κ1) is 18.4. The summed E-state index contributed by atoms with van der Waals surface area (Å²) in [5.41, 5.74) is 0.793. The molecule has 0 atom stereocenters. The number of carbonyl (C=O) groups is 2. The van der Waals surface area contributed by atoms with E-state index in [0.29, 0.717) is 25.1 Å². The molecule has 0 radical (unpaired) electrons. The van der Waals surface area contributed by atoms with E-state index in [4.69, 9.17) is 0 Å². The van der Waals surface area contributed by atoms with E-state index in [9.17, 15) is 9.59 Å². The summed E-state index contributed by atoms with van der Waals surface area (Å²) < 4.78 is 0. The lowest BCUT2D eigenvalue weighted by molar-refractivity contribution is -0.121. The Morgan fingerprint density at radius 2 is 1.77 bits per heavy atom. The van der Waals surface area contributed by atoms with Crippen LogP contribution >= 0.6 is 0 Å². The Labute approximate surface area is 154 Å². The van der Waals surface area contributed by atoms with Gasteiger partial charge >= 0.3 is 0 Å². The van der Waals surface area contributed by atoms with Crippen LogP contribution in [-0.4, -0.2) is 38.0 Å². The quantitative estimate of drug-likeness (QED) is 0.747. The molecule has 3 N–H and O–H groups in total. The van der Waals surface area contributed by atoms with Gasteiger partial charge in [-0.15, -0.1) is 0 Å². The van der Waals surface area contributed by atoms with Crippen molar-refractivity contribution >= 4 is 22.6 Å². The number of hydrogen-bond donors (Lipinski definition) is 3.